The molecular formula is C28H38N2O3. The Bertz CT molecular complexity index is 878. The summed E-state index contributed by atoms with van der Waals surface area (Å²) in [4.78, 5) is 4.82. The van der Waals surface area contributed by atoms with E-state index in [4.69, 9.17) is 9.47 Å². The van der Waals surface area contributed by atoms with Gasteiger partial charge in [0.25, 0.3) is 0 Å². The second-order valence-corrected chi connectivity index (χ2v) is 9.29. The third-order valence-corrected chi connectivity index (χ3v) is 5.57. The summed E-state index contributed by atoms with van der Waals surface area (Å²) in [7, 11) is 2.17. The number of ether oxygens (including phenoxy) is 2. The van der Waals surface area contributed by atoms with Gasteiger partial charge in [-0.15, -0.1) is 0 Å². The molecule has 1 aliphatic heterocycles. The normalized spacial score (nSPS) is 16.3. The largest absolute Gasteiger partial charge is 0.492 e. The molecule has 0 unspecified atom stereocenters. The number of likely N-dealkylation sites (N-methyl/N-ethyl adjacent to an activating group) is 1. The number of rotatable bonds is 11. The SMILES string of the molecule is CN1CCN(CCOc2ccc(CC=C(C=Cc3ccccc3)OCC(C)(C)O)cc2)CC1. The van der Waals surface area contributed by atoms with E-state index < -0.39 is 5.60 Å². The van der Waals surface area contributed by atoms with Crippen molar-refractivity contribution in [2.45, 2.75) is 25.9 Å². The molecule has 0 radical (unpaired) electrons. The summed E-state index contributed by atoms with van der Waals surface area (Å²) >= 11 is 0. The minimum atomic E-state index is -0.886. The van der Waals surface area contributed by atoms with Gasteiger partial charge in [-0.05, 0) is 62.7 Å². The first-order chi connectivity index (χ1) is 15.9. The van der Waals surface area contributed by atoms with Crippen LogP contribution in [-0.4, -0.2) is 73.5 Å². The molecule has 5 nitrogen and oxygen atoms in total. The van der Waals surface area contributed by atoms with Gasteiger partial charge >= 0.3 is 0 Å². The zero-order chi connectivity index (χ0) is 23.5. The fourth-order valence-corrected chi connectivity index (χ4v) is 3.48. The summed E-state index contributed by atoms with van der Waals surface area (Å²) in [5, 5.41) is 10.0. The highest BCUT2D eigenvalue weighted by molar-refractivity contribution is 5.51. The molecule has 1 N–H and O–H groups in total. The number of benzene rings is 2. The van der Waals surface area contributed by atoms with Crippen LogP contribution in [0.25, 0.3) is 6.08 Å². The van der Waals surface area contributed by atoms with Gasteiger partial charge in [-0.3, -0.25) is 4.90 Å². The van der Waals surface area contributed by atoms with Crippen molar-refractivity contribution in [1.29, 1.82) is 0 Å². The minimum Gasteiger partial charge on any atom is -0.492 e. The van der Waals surface area contributed by atoms with Gasteiger partial charge < -0.3 is 19.5 Å². The molecule has 0 aromatic heterocycles. The van der Waals surface area contributed by atoms with Crippen molar-refractivity contribution in [3.05, 3.63) is 83.6 Å². The molecule has 0 spiro atoms. The molecule has 0 bridgehead atoms. The van der Waals surface area contributed by atoms with Gasteiger partial charge in [0.05, 0.1) is 5.60 Å². The Morgan fingerprint density at radius 1 is 1.00 bits per heavy atom. The Hall–Kier alpha value is -2.60. The molecule has 1 fully saturated rings. The van der Waals surface area contributed by atoms with Crippen LogP contribution in [0.15, 0.2) is 72.5 Å². The summed E-state index contributed by atoms with van der Waals surface area (Å²) in [5.74, 6) is 1.65. The van der Waals surface area contributed by atoms with Crippen LogP contribution < -0.4 is 4.74 Å². The molecule has 1 heterocycles. The molecule has 2 aromatic rings. The van der Waals surface area contributed by atoms with Crippen molar-refractivity contribution in [3.63, 3.8) is 0 Å². The molecule has 3 rings (SSSR count). The predicted molar refractivity (Wildman–Crippen MR) is 135 cm³/mol. The second-order valence-electron chi connectivity index (χ2n) is 9.29. The zero-order valence-electron chi connectivity index (χ0n) is 20.2. The number of hydrogen-bond acceptors (Lipinski definition) is 5. The fourth-order valence-electron chi connectivity index (χ4n) is 3.48. The summed E-state index contributed by atoms with van der Waals surface area (Å²) in [5.41, 5.74) is 1.40. The van der Waals surface area contributed by atoms with E-state index in [1.807, 2.05) is 54.6 Å². The number of hydrogen-bond donors (Lipinski definition) is 1. The van der Waals surface area contributed by atoms with Gasteiger partial charge in [0.15, 0.2) is 0 Å². The highest BCUT2D eigenvalue weighted by atomic mass is 16.5. The first kappa shape index (κ1) is 25.0. The molecule has 0 amide bonds. The minimum absolute atomic E-state index is 0.234. The lowest BCUT2D eigenvalue weighted by Crippen LogP contribution is -2.45. The second kappa shape index (κ2) is 12.6. The third-order valence-electron chi connectivity index (χ3n) is 5.57. The lowest BCUT2D eigenvalue weighted by Gasteiger charge is -2.32. The van der Waals surface area contributed by atoms with Gasteiger partial charge in [-0.2, -0.15) is 0 Å². The quantitative estimate of drug-likeness (QED) is 0.410. The van der Waals surface area contributed by atoms with E-state index in [1.165, 1.54) is 5.56 Å². The Labute approximate surface area is 198 Å². The molecular weight excluding hydrogens is 412 g/mol. The van der Waals surface area contributed by atoms with Crippen molar-refractivity contribution >= 4 is 6.08 Å². The first-order valence-electron chi connectivity index (χ1n) is 11.8. The van der Waals surface area contributed by atoms with Crippen LogP contribution >= 0.6 is 0 Å². The maximum Gasteiger partial charge on any atom is 0.119 e. The van der Waals surface area contributed by atoms with Gasteiger partial charge in [0, 0.05) is 32.7 Å². The van der Waals surface area contributed by atoms with Crippen LogP contribution in [-0.2, 0) is 11.2 Å². The highest BCUT2D eigenvalue weighted by Gasteiger charge is 2.14. The molecule has 1 saturated heterocycles. The monoisotopic (exact) mass is 450 g/mol. The van der Waals surface area contributed by atoms with Crippen LogP contribution in [0.5, 0.6) is 5.75 Å². The summed E-state index contributed by atoms with van der Waals surface area (Å²) in [6, 6.07) is 18.4. The predicted octanol–water partition coefficient (Wildman–Crippen LogP) is 4.24. The van der Waals surface area contributed by atoms with Crippen LogP contribution in [0, 0.1) is 0 Å². The average molecular weight is 451 g/mol. The molecule has 1 aliphatic rings. The molecule has 2 aromatic carbocycles. The van der Waals surface area contributed by atoms with Crippen LogP contribution in [0.3, 0.4) is 0 Å². The maximum atomic E-state index is 10.0. The number of piperazine rings is 1. The van der Waals surface area contributed by atoms with Crippen LogP contribution in [0.2, 0.25) is 0 Å². The van der Waals surface area contributed by atoms with E-state index >= 15 is 0 Å². The number of allylic oxidation sites excluding steroid dienone is 2. The van der Waals surface area contributed by atoms with Gasteiger partial charge in [-0.25, -0.2) is 0 Å². The lowest BCUT2D eigenvalue weighted by molar-refractivity contribution is 0.00570. The smallest absolute Gasteiger partial charge is 0.119 e. The van der Waals surface area contributed by atoms with Crippen molar-refractivity contribution in [2.75, 3.05) is 53.0 Å². The molecule has 0 aliphatic carbocycles. The summed E-state index contributed by atoms with van der Waals surface area (Å²) in [6.45, 7) is 9.88. The Morgan fingerprint density at radius 3 is 2.36 bits per heavy atom. The molecule has 33 heavy (non-hydrogen) atoms. The molecule has 0 atom stereocenters. The van der Waals surface area contributed by atoms with E-state index in [9.17, 15) is 5.11 Å². The van der Waals surface area contributed by atoms with E-state index in [-0.39, 0.29) is 6.61 Å². The molecule has 0 saturated carbocycles. The highest BCUT2D eigenvalue weighted by Crippen LogP contribution is 2.16. The maximum absolute atomic E-state index is 10.0. The van der Waals surface area contributed by atoms with Crippen molar-refractivity contribution < 1.29 is 14.6 Å². The van der Waals surface area contributed by atoms with Crippen molar-refractivity contribution in [3.8, 4) is 5.75 Å². The average Bonchev–Trinajstić information content (AvgIpc) is 2.81. The van der Waals surface area contributed by atoms with Gasteiger partial charge in [-0.1, -0.05) is 48.5 Å². The lowest BCUT2D eigenvalue weighted by atomic mass is 10.1. The molecule has 5 heteroatoms. The first-order valence-corrected chi connectivity index (χ1v) is 11.8. The van der Waals surface area contributed by atoms with Crippen LogP contribution in [0.4, 0.5) is 0 Å². The third kappa shape index (κ3) is 9.82. The van der Waals surface area contributed by atoms with E-state index in [0.717, 1.165) is 56.2 Å². The zero-order valence-corrected chi connectivity index (χ0v) is 20.2. The molecule has 178 valence electrons. The van der Waals surface area contributed by atoms with E-state index in [2.05, 4.69) is 35.1 Å². The van der Waals surface area contributed by atoms with E-state index in [1.54, 1.807) is 13.8 Å². The number of aliphatic hydroxyl groups is 1. The van der Waals surface area contributed by atoms with Gasteiger partial charge in [0.1, 0.15) is 24.7 Å². The van der Waals surface area contributed by atoms with Gasteiger partial charge in [0.2, 0.25) is 0 Å². The Kier molecular flexibility index (Phi) is 9.55. The topological polar surface area (TPSA) is 45.2 Å². The Balaban J connectivity index is 1.52. The van der Waals surface area contributed by atoms with Crippen molar-refractivity contribution in [2.24, 2.45) is 0 Å². The van der Waals surface area contributed by atoms with E-state index in [0.29, 0.717) is 6.61 Å². The standard InChI is InChI=1S/C28H38N2O3/c1-28(2,31)23-33-27(15-9-24-7-5-4-6-8-24)16-12-25-10-13-26(14-11-25)32-22-21-30-19-17-29(3)18-20-30/h4-11,13-16,31H,12,17-23H2,1-3H3. The van der Waals surface area contributed by atoms with Crippen LogP contribution in [0.1, 0.15) is 25.0 Å². The number of nitrogens with zero attached hydrogens (tertiary/aromatic N) is 2. The summed E-state index contributed by atoms with van der Waals surface area (Å²) in [6.07, 6.45) is 6.76. The Morgan fingerprint density at radius 2 is 1.70 bits per heavy atom. The van der Waals surface area contributed by atoms with Crippen molar-refractivity contribution in [1.82, 2.24) is 9.80 Å². The summed E-state index contributed by atoms with van der Waals surface area (Å²) < 4.78 is 11.8. The fraction of sp³-hybridized carbons (Fsp3) is 0.429.